The molecular formula is C5H9IN2O. The van der Waals surface area contributed by atoms with E-state index in [1.54, 1.807) is 0 Å². The summed E-state index contributed by atoms with van der Waals surface area (Å²) in [5, 5.41) is 5.85. The average Bonchev–Trinajstić information content (AvgIpc) is 1.60. The van der Waals surface area contributed by atoms with Crippen molar-refractivity contribution in [2.24, 2.45) is 0 Å². The van der Waals surface area contributed by atoms with E-state index in [1.165, 1.54) is 0 Å². The van der Waals surface area contributed by atoms with Crippen molar-refractivity contribution in [3.63, 3.8) is 0 Å². The molecule has 1 aliphatic heterocycles. The van der Waals surface area contributed by atoms with Gasteiger partial charge in [0.2, 0.25) is 5.91 Å². The minimum Gasteiger partial charge on any atom is -0.340 e. The summed E-state index contributed by atoms with van der Waals surface area (Å²) >= 11 is 2.21. The number of halogens is 1. The maximum Gasteiger partial charge on any atom is 0.235 e. The molecule has 3 nitrogen and oxygen atoms in total. The second-order valence-electron chi connectivity index (χ2n) is 2.35. The Morgan fingerprint density at radius 2 is 2.44 bits per heavy atom. The lowest BCUT2D eigenvalue weighted by molar-refractivity contribution is -0.122. The third kappa shape index (κ3) is 2.09. The van der Waals surface area contributed by atoms with Gasteiger partial charge in [-0.15, -0.1) is 0 Å². The van der Waals surface area contributed by atoms with Crippen LogP contribution in [0.25, 0.3) is 0 Å². The summed E-state index contributed by atoms with van der Waals surface area (Å²) in [6.45, 7) is 3.29. The Hall–Kier alpha value is 0.160. The number of rotatable bonds is 0. The molecule has 0 radical (unpaired) electrons. The molecule has 0 bridgehead atoms. The summed E-state index contributed by atoms with van der Waals surface area (Å²) in [5.41, 5.74) is 0. The predicted molar refractivity (Wildman–Crippen MR) is 43.4 cm³/mol. The van der Waals surface area contributed by atoms with Gasteiger partial charge < -0.3 is 10.6 Å². The third-order valence-corrected chi connectivity index (χ3v) is 1.79. The maximum absolute atomic E-state index is 10.7. The van der Waals surface area contributed by atoms with Gasteiger partial charge in [-0.1, -0.05) is 22.6 Å². The van der Waals surface area contributed by atoms with Gasteiger partial charge in [0.05, 0.1) is 6.54 Å². The van der Waals surface area contributed by atoms with Gasteiger partial charge in [0.1, 0.15) is 3.55 Å². The zero-order valence-electron chi connectivity index (χ0n) is 5.20. The van der Waals surface area contributed by atoms with Gasteiger partial charge in [-0.05, 0) is 6.92 Å². The van der Waals surface area contributed by atoms with E-state index in [2.05, 4.69) is 33.2 Å². The maximum atomic E-state index is 10.7. The number of hydrogen-bond donors (Lipinski definition) is 2. The Kier molecular flexibility index (Phi) is 1.95. The molecule has 0 aromatic rings. The fourth-order valence-electron chi connectivity index (χ4n) is 0.790. The minimum atomic E-state index is -0.0902. The van der Waals surface area contributed by atoms with Gasteiger partial charge >= 0.3 is 0 Å². The highest BCUT2D eigenvalue weighted by atomic mass is 127. The highest BCUT2D eigenvalue weighted by molar-refractivity contribution is 14.1. The number of carbonyl (C=O) groups is 1. The molecule has 1 aliphatic rings. The molecule has 0 saturated carbocycles. The topological polar surface area (TPSA) is 41.1 Å². The van der Waals surface area contributed by atoms with E-state index in [9.17, 15) is 4.79 Å². The SMILES string of the molecule is CC1(I)CNCC(=O)N1. The van der Waals surface area contributed by atoms with Crippen molar-refractivity contribution in [1.82, 2.24) is 10.6 Å². The molecule has 1 fully saturated rings. The van der Waals surface area contributed by atoms with Crippen molar-refractivity contribution in [2.75, 3.05) is 13.1 Å². The molecule has 1 heterocycles. The zero-order valence-corrected chi connectivity index (χ0v) is 7.36. The molecule has 1 saturated heterocycles. The van der Waals surface area contributed by atoms with Crippen molar-refractivity contribution in [2.45, 2.75) is 10.5 Å². The van der Waals surface area contributed by atoms with Crippen LogP contribution in [0.4, 0.5) is 0 Å². The largest absolute Gasteiger partial charge is 0.340 e. The number of amides is 1. The first kappa shape index (κ1) is 7.27. The average molecular weight is 240 g/mol. The van der Waals surface area contributed by atoms with Crippen LogP contribution in [0.3, 0.4) is 0 Å². The highest BCUT2D eigenvalue weighted by Crippen LogP contribution is 2.13. The molecule has 2 N–H and O–H groups in total. The number of piperazine rings is 1. The summed E-state index contributed by atoms with van der Waals surface area (Å²) in [4.78, 5) is 10.7. The predicted octanol–water partition coefficient (Wildman–Crippen LogP) is -0.143. The monoisotopic (exact) mass is 240 g/mol. The van der Waals surface area contributed by atoms with Gasteiger partial charge in [0, 0.05) is 6.54 Å². The van der Waals surface area contributed by atoms with Crippen molar-refractivity contribution in [3.05, 3.63) is 0 Å². The van der Waals surface area contributed by atoms with Gasteiger partial charge in [0.25, 0.3) is 0 Å². The van der Waals surface area contributed by atoms with Crippen molar-refractivity contribution in [3.8, 4) is 0 Å². The van der Waals surface area contributed by atoms with Crippen LogP contribution < -0.4 is 10.6 Å². The zero-order chi connectivity index (χ0) is 6.91. The Labute approximate surface area is 67.7 Å². The summed E-state index contributed by atoms with van der Waals surface area (Å²) in [6, 6.07) is 0. The van der Waals surface area contributed by atoms with Gasteiger partial charge in [0.15, 0.2) is 0 Å². The minimum absolute atomic E-state index is 0.0816. The molecule has 1 atom stereocenters. The van der Waals surface area contributed by atoms with E-state index in [1.807, 2.05) is 6.92 Å². The Morgan fingerprint density at radius 1 is 1.78 bits per heavy atom. The molecule has 9 heavy (non-hydrogen) atoms. The number of nitrogens with one attached hydrogen (secondary N) is 2. The lowest BCUT2D eigenvalue weighted by Crippen LogP contribution is -2.56. The van der Waals surface area contributed by atoms with Crippen LogP contribution in [0.15, 0.2) is 0 Å². The van der Waals surface area contributed by atoms with E-state index in [0.717, 1.165) is 6.54 Å². The Balaban J connectivity index is 2.51. The number of carbonyl (C=O) groups excluding carboxylic acids is 1. The summed E-state index contributed by atoms with van der Waals surface area (Å²) in [5.74, 6) is 0.0816. The van der Waals surface area contributed by atoms with E-state index < -0.39 is 0 Å². The van der Waals surface area contributed by atoms with Crippen LogP contribution in [0.5, 0.6) is 0 Å². The first-order valence-corrected chi connectivity index (χ1v) is 3.89. The van der Waals surface area contributed by atoms with Crippen LogP contribution >= 0.6 is 22.6 Å². The van der Waals surface area contributed by atoms with Crippen LogP contribution in [0.2, 0.25) is 0 Å². The van der Waals surface area contributed by atoms with Crippen molar-refractivity contribution < 1.29 is 4.79 Å². The lowest BCUT2D eigenvalue weighted by atomic mass is 10.3. The fourth-order valence-corrected chi connectivity index (χ4v) is 1.36. The van der Waals surface area contributed by atoms with E-state index in [-0.39, 0.29) is 9.45 Å². The normalized spacial score (nSPS) is 36.0. The smallest absolute Gasteiger partial charge is 0.235 e. The van der Waals surface area contributed by atoms with Gasteiger partial charge in [-0.2, -0.15) is 0 Å². The Bertz CT molecular complexity index is 135. The molecule has 1 unspecified atom stereocenters. The van der Waals surface area contributed by atoms with E-state index in [0.29, 0.717) is 6.54 Å². The van der Waals surface area contributed by atoms with E-state index in [4.69, 9.17) is 0 Å². The lowest BCUT2D eigenvalue weighted by Gasteiger charge is -2.29. The molecular weight excluding hydrogens is 231 g/mol. The first-order valence-electron chi connectivity index (χ1n) is 2.81. The molecule has 52 valence electrons. The summed E-state index contributed by atoms with van der Waals surface area (Å²) in [6.07, 6.45) is 0. The molecule has 1 rings (SSSR count). The molecule has 1 amide bonds. The summed E-state index contributed by atoms with van der Waals surface area (Å²) < 4.78 is -0.0902. The van der Waals surface area contributed by atoms with E-state index >= 15 is 0 Å². The molecule has 0 aromatic carbocycles. The standard InChI is InChI=1S/C5H9IN2O/c1-5(6)3-7-2-4(9)8-5/h7H,2-3H2,1H3,(H,8,9). The van der Waals surface area contributed by atoms with Crippen LogP contribution in [-0.2, 0) is 4.79 Å². The molecule has 0 spiro atoms. The van der Waals surface area contributed by atoms with Gasteiger partial charge in [-0.25, -0.2) is 0 Å². The second kappa shape index (κ2) is 2.42. The molecule has 0 aromatic heterocycles. The third-order valence-electron chi connectivity index (χ3n) is 1.14. The first-order chi connectivity index (χ1) is 4.10. The van der Waals surface area contributed by atoms with Crippen LogP contribution in [0.1, 0.15) is 6.92 Å². The molecule has 4 heteroatoms. The van der Waals surface area contributed by atoms with Crippen LogP contribution in [-0.4, -0.2) is 22.5 Å². The highest BCUT2D eigenvalue weighted by Gasteiger charge is 2.25. The Morgan fingerprint density at radius 3 is 2.78 bits per heavy atom. The van der Waals surface area contributed by atoms with Crippen molar-refractivity contribution >= 4 is 28.5 Å². The van der Waals surface area contributed by atoms with Gasteiger partial charge in [-0.3, -0.25) is 4.79 Å². The van der Waals surface area contributed by atoms with Crippen molar-refractivity contribution in [1.29, 1.82) is 0 Å². The molecule has 0 aliphatic carbocycles. The second-order valence-corrected chi connectivity index (χ2v) is 4.73. The number of hydrogen-bond acceptors (Lipinski definition) is 2. The summed E-state index contributed by atoms with van der Waals surface area (Å²) in [7, 11) is 0. The quantitative estimate of drug-likeness (QED) is 0.351. The number of alkyl halides is 1. The fraction of sp³-hybridized carbons (Fsp3) is 0.800. The van der Waals surface area contributed by atoms with Crippen LogP contribution in [0, 0.1) is 0 Å².